The summed E-state index contributed by atoms with van der Waals surface area (Å²) in [7, 11) is -3.45. The molecule has 24 heavy (non-hydrogen) atoms. The fourth-order valence-corrected chi connectivity index (χ4v) is 4.71. The van der Waals surface area contributed by atoms with Crippen LogP contribution in [0.5, 0.6) is 0 Å². The molecule has 0 saturated carbocycles. The lowest BCUT2D eigenvalue weighted by atomic mass is 10.2. The number of hydrogen-bond acceptors (Lipinski definition) is 4. The number of pyridine rings is 1. The monoisotopic (exact) mass is 346 g/mol. The minimum atomic E-state index is -3.45. The van der Waals surface area contributed by atoms with Crippen molar-refractivity contribution >= 4 is 10.0 Å². The van der Waals surface area contributed by atoms with Gasteiger partial charge in [-0.05, 0) is 42.2 Å². The van der Waals surface area contributed by atoms with E-state index in [1.165, 1.54) is 0 Å². The van der Waals surface area contributed by atoms with Crippen LogP contribution >= 0.6 is 0 Å². The summed E-state index contributed by atoms with van der Waals surface area (Å²) in [5.41, 5.74) is 1.90. The number of sulfonamides is 1. The van der Waals surface area contributed by atoms with Gasteiger partial charge in [-0.25, -0.2) is 8.42 Å². The number of benzene rings is 1. The molecule has 128 valence electrons. The molecule has 1 aromatic heterocycles. The van der Waals surface area contributed by atoms with Gasteiger partial charge in [-0.2, -0.15) is 4.31 Å². The van der Waals surface area contributed by atoms with Gasteiger partial charge in [-0.1, -0.05) is 25.1 Å². The number of aromatic nitrogens is 1. The SMILES string of the molecule is CCc1ccccc1S(=O)(=O)N1CC[C@@H](OCc2ccncc2)C1. The van der Waals surface area contributed by atoms with Crippen molar-refractivity contribution in [3.63, 3.8) is 0 Å². The van der Waals surface area contributed by atoms with Crippen molar-refractivity contribution in [2.45, 2.75) is 37.4 Å². The number of hydrogen-bond donors (Lipinski definition) is 0. The van der Waals surface area contributed by atoms with E-state index in [9.17, 15) is 8.42 Å². The molecule has 0 spiro atoms. The Morgan fingerprint density at radius 1 is 1.21 bits per heavy atom. The fraction of sp³-hybridized carbons (Fsp3) is 0.389. The lowest BCUT2D eigenvalue weighted by Gasteiger charge is -2.18. The maximum atomic E-state index is 12.9. The lowest BCUT2D eigenvalue weighted by Crippen LogP contribution is -2.31. The minimum absolute atomic E-state index is 0.0678. The molecule has 0 radical (unpaired) electrons. The zero-order valence-electron chi connectivity index (χ0n) is 13.8. The molecule has 1 fully saturated rings. The van der Waals surface area contributed by atoms with Gasteiger partial charge in [0.25, 0.3) is 0 Å². The predicted molar refractivity (Wildman–Crippen MR) is 92.0 cm³/mol. The second-order valence-corrected chi connectivity index (χ2v) is 7.81. The van der Waals surface area contributed by atoms with Crippen LogP contribution in [0.2, 0.25) is 0 Å². The zero-order valence-corrected chi connectivity index (χ0v) is 14.6. The third-order valence-corrected chi connectivity index (χ3v) is 6.28. The fourth-order valence-electron chi connectivity index (χ4n) is 2.93. The third kappa shape index (κ3) is 3.66. The first-order valence-corrected chi connectivity index (χ1v) is 9.64. The molecule has 0 amide bonds. The summed E-state index contributed by atoms with van der Waals surface area (Å²) >= 11 is 0. The van der Waals surface area contributed by atoms with Crippen molar-refractivity contribution < 1.29 is 13.2 Å². The topological polar surface area (TPSA) is 59.5 Å². The second kappa shape index (κ2) is 7.42. The molecular weight excluding hydrogens is 324 g/mol. The Hall–Kier alpha value is -1.76. The summed E-state index contributed by atoms with van der Waals surface area (Å²) < 4.78 is 33.2. The Bertz CT molecular complexity index is 778. The highest BCUT2D eigenvalue weighted by atomic mass is 32.2. The van der Waals surface area contributed by atoms with Crippen LogP contribution in [0.25, 0.3) is 0 Å². The molecule has 0 unspecified atom stereocenters. The second-order valence-electron chi connectivity index (χ2n) is 5.90. The van der Waals surface area contributed by atoms with Gasteiger partial charge in [0, 0.05) is 25.5 Å². The van der Waals surface area contributed by atoms with Gasteiger partial charge in [-0.3, -0.25) is 4.98 Å². The summed E-state index contributed by atoms with van der Waals surface area (Å²) in [6, 6.07) is 11.0. The Labute approximate surface area is 143 Å². The quantitative estimate of drug-likeness (QED) is 0.807. The molecule has 1 aliphatic heterocycles. The maximum absolute atomic E-state index is 12.9. The average Bonchev–Trinajstić information content (AvgIpc) is 3.11. The van der Waals surface area contributed by atoms with Gasteiger partial charge in [0.2, 0.25) is 10.0 Å². The Balaban J connectivity index is 1.66. The van der Waals surface area contributed by atoms with Gasteiger partial charge < -0.3 is 4.74 Å². The summed E-state index contributed by atoms with van der Waals surface area (Å²) in [4.78, 5) is 4.40. The molecule has 1 atom stereocenters. The first-order chi connectivity index (χ1) is 11.6. The number of rotatable bonds is 6. The molecule has 0 N–H and O–H groups in total. The maximum Gasteiger partial charge on any atom is 0.243 e. The summed E-state index contributed by atoms with van der Waals surface area (Å²) in [5, 5.41) is 0. The van der Waals surface area contributed by atoms with E-state index in [4.69, 9.17) is 4.74 Å². The highest BCUT2D eigenvalue weighted by molar-refractivity contribution is 7.89. The molecule has 0 aliphatic carbocycles. The molecule has 3 rings (SSSR count). The standard InChI is InChI=1S/C18H22N2O3S/c1-2-16-5-3-4-6-18(16)24(21,22)20-12-9-17(13-20)23-14-15-7-10-19-11-8-15/h3-8,10-11,17H,2,9,12-14H2,1H3/t17-/m1/s1. The van der Waals surface area contributed by atoms with E-state index in [1.54, 1.807) is 28.8 Å². The van der Waals surface area contributed by atoms with Crippen molar-refractivity contribution in [3.05, 3.63) is 59.9 Å². The third-order valence-electron chi connectivity index (χ3n) is 4.31. The van der Waals surface area contributed by atoms with Crippen LogP contribution in [0.4, 0.5) is 0 Å². The molecule has 6 heteroatoms. The highest BCUT2D eigenvalue weighted by Crippen LogP contribution is 2.25. The molecule has 1 aliphatic rings. The molecule has 2 heterocycles. The van der Waals surface area contributed by atoms with Crippen LogP contribution < -0.4 is 0 Å². The Morgan fingerprint density at radius 3 is 2.71 bits per heavy atom. The van der Waals surface area contributed by atoms with Gasteiger partial charge in [0.1, 0.15) is 0 Å². The van der Waals surface area contributed by atoms with Crippen molar-refractivity contribution in [1.29, 1.82) is 0 Å². The Kier molecular flexibility index (Phi) is 5.28. The van der Waals surface area contributed by atoms with Crippen LogP contribution in [0.3, 0.4) is 0 Å². The molecule has 1 aromatic carbocycles. The Morgan fingerprint density at radius 2 is 1.96 bits per heavy atom. The van der Waals surface area contributed by atoms with Crippen LogP contribution in [0, 0.1) is 0 Å². The number of nitrogens with zero attached hydrogens (tertiary/aromatic N) is 2. The molecular formula is C18H22N2O3S. The lowest BCUT2D eigenvalue weighted by molar-refractivity contribution is 0.0508. The predicted octanol–water partition coefficient (Wildman–Crippen LogP) is 2.62. The van der Waals surface area contributed by atoms with Crippen molar-refractivity contribution in [2.75, 3.05) is 13.1 Å². The van der Waals surface area contributed by atoms with Crippen molar-refractivity contribution in [3.8, 4) is 0 Å². The van der Waals surface area contributed by atoms with E-state index in [0.29, 0.717) is 31.0 Å². The largest absolute Gasteiger partial charge is 0.372 e. The molecule has 5 nitrogen and oxygen atoms in total. The number of ether oxygens (including phenoxy) is 1. The normalized spacial score (nSPS) is 18.8. The van der Waals surface area contributed by atoms with Gasteiger partial charge in [0.15, 0.2) is 0 Å². The van der Waals surface area contributed by atoms with E-state index >= 15 is 0 Å². The van der Waals surface area contributed by atoms with Gasteiger partial charge >= 0.3 is 0 Å². The van der Waals surface area contributed by atoms with Crippen LogP contribution in [-0.4, -0.2) is 36.9 Å². The average molecular weight is 346 g/mol. The van der Waals surface area contributed by atoms with E-state index in [-0.39, 0.29) is 6.10 Å². The van der Waals surface area contributed by atoms with Crippen LogP contribution in [0.15, 0.2) is 53.7 Å². The molecule has 0 bridgehead atoms. The number of aryl methyl sites for hydroxylation is 1. The van der Waals surface area contributed by atoms with Crippen LogP contribution in [-0.2, 0) is 27.8 Å². The van der Waals surface area contributed by atoms with E-state index in [0.717, 1.165) is 17.5 Å². The van der Waals surface area contributed by atoms with E-state index < -0.39 is 10.0 Å². The highest BCUT2D eigenvalue weighted by Gasteiger charge is 2.33. The smallest absolute Gasteiger partial charge is 0.243 e. The first-order valence-electron chi connectivity index (χ1n) is 8.20. The summed E-state index contributed by atoms with van der Waals surface area (Å²) in [6.07, 6.45) is 4.81. The van der Waals surface area contributed by atoms with Crippen molar-refractivity contribution in [1.82, 2.24) is 9.29 Å². The summed E-state index contributed by atoms with van der Waals surface area (Å²) in [5.74, 6) is 0. The molecule has 1 saturated heterocycles. The van der Waals surface area contributed by atoms with Gasteiger partial charge in [-0.15, -0.1) is 0 Å². The van der Waals surface area contributed by atoms with Crippen molar-refractivity contribution in [2.24, 2.45) is 0 Å². The van der Waals surface area contributed by atoms with Gasteiger partial charge in [0.05, 0.1) is 17.6 Å². The zero-order chi connectivity index (χ0) is 17.0. The van der Waals surface area contributed by atoms with E-state index in [2.05, 4.69) is 4.98 Å². The molecule has 2 aromatic rings. The summed E-state index contributed by atoms with van der Waals surface area (Å²) in [6.45, 7) is 3.36. The van der Waals surface area contributed by atoms with E-state index in [1.807, 2.05) is 31.2 Å². The first kappa shape index (κ1) is 17.1. The van der Waals surface area contributed by atoms with Crippen LogP contribution in [0.1, 0.15) is 24.5 Å². The minimum Gasteiger partial charge on any atom is -0.372 e.